The SMILES string of the molecule is Cc1ccc(C(=O)Oc2ccc(C(=O)CN(C(=O)c3ccc(Cl)cc3)N3C(=O)c4ccccc4C3=O)cc2)cc1. The van der Waals surface area contributed by atoms with Crippen LogP contribution in [0.15, 0.2) is 97.1 Å². The number of rotatable bonds is 7. The van der Waals surface area contributed by atoms with Crippen LogP contribution in [0.25, 0.3) is 0 Å². The van der Waals surface area contributed by atoms with E-state index in [1.165, 1.54) is 60.7 Å². The van der Waals surface area contributed by atoms with Crippen LogP contribution in [0.3, 0.4) is 0 Å². The van der Waals surface area contributed by atoms with Gasteiger partial charge in [0.1, 0.15) is 12.3 Å². The van der Waals surface area contributed by atoms with Crippen LogP contribution < -0.4 is 4.74 Å². The molecule has 0 aliphatic carbocycles. The largest absolute Gasteiger partial charge is 0.423 e. The summed E-state index contributed by atoms with van der Waals surface area (Å²) >= 11 is 5.95. The van der Waals surface area contributed by atoms with Gasteiger partial charge in [0.2, 0.25) is 0 Å². The minimum Gasteiger partial charge on any atom is -0.423 e. The van der Waals surface area contributed by atoms with Gasteiger partial charge >= 0.3 is 5.97 Å². The van der Waals surface area contributed by atoms with Gasteiger partial charge in [0.05, 0.1) is 16.7 Å². The number of benzene rings is 4. The molecular weight excluding hydrogens is 532 g/mol. The zero-order valence-corrected chi connectivity index (χ0v) is 21.9. The van der Waals surface area contributed by atoms with Crippen molar-refractivity contribution in [2.24, 2.45) is 0 Å². The maximum absolute atomic E-state index is 13.5. The maximum Gasteiger partial charge on any atom is 0.343 e. The maximum atomic E-state index is 13.5. The van der Waals surface area contributed by atoms with E-state index in [2.05, 4.69) is 0 Å². The van der Waals surface area contributed by atoms with Crippen molar-refractivity contribution in [3.05, 3.63) is 135 Å². The minimum atomic E-state index is -0.733. The molecule has 0 saturated carbocycles. The van der Waals surface area contributed by atoms with Gasteiger partial charge in [0.15, 0.2) is 5.78 Å². The molecule has 9 heteroatoms. The van der Waals surface area contributed by atoms with Crippen molar-refractivity contribution in [3.63, 3.8) is 0 Å². The van der Waals surface area contributed by atoms with Crippen molar-refractivity contribution in [1.29, 1.82) is 0 Å². The highest BCUT2D eigenvalue weighted by molar-refractivity contribution is 6.30. The normalized spacial score (nSPS) is 12.2. The Morgan fingerprint density at radius 2 is 1.25 bits per heavy atom. The number of esters is 1. The molecule has 0 saturated heterocycles. The Labute approximate surface area is 234 Å². The zero-order chi connectivity index (χ0) is 28.4. The number of carbonyl (C=O) groups excluding carboxylic acids is 5. The fraction of sp³-hybridized carbons (Fsp3) is 0.0645. The first-order valence-corrected chi connectivity index (χ1v) is 12.6. The van der Waals surface area contributed by atoms with Crippen LogP contribution in [0.1, 0.15) is 57.4 Å². The number of hydrogen-bond acceptors (Lipinski definition) is 6. The Hall–Kier alpha value is -5.08. The Bertz CT molecular complexity index is 1610. The van der Waals surface area contributed by atoms with Crippen LogP contribution in [0.4, 0.5) is 0 Å². The van der Waals surface area contributed by atoms with Crippen LogP contribution in [0.5, 0.6) is 5.75 Å². The van der Waals surface area contributed by atoms with Crippen molar-refractivity contribution >= 4 is 41.1 Å². The predicted molar refractivity (Wildman–Crippen MR) is 146 cm³/mol. The van der Waals surface area contributed by atoms with Crippen LogP contribution in [-0.2, 0) is 0 Å². The van der Waals surface area contributed by atoms with Gasteiger partial charge in [-0.1, -0.05) is 41.4 Å². The fourth-order valence-corrected chi connectivity index (χ4v) is 4.29. The highest BCUT2D eigenvalue weighted by Gasteiger charge is 2.42. The monoisotopic (exact) mass is 552 g/mol. The van der Waals surface area contributed by atoms with E-state index in [0.29, 0.717) is 15.6 Å². The van der Waals surface area contributed by atoms with Crippen LogP contribution in [0, 0.1) is 6.92 Å². The lowest BCUT2D eigenvalue weighted by Gasteiger charge is -2.29. The molecule has 1 aliphatic heterocycles. The molecule has 3 amide bonds. The number of ketones is 1. The number of halogens is 1. The van der Waals surface area contributed by atoms with Gasteiger partial charge in [0.25, 0.3) is 17.7 Å². The molecule has 0 atom stereocenters. The number of Topliss-reactive ketones (excluding diaryl/α,β-unsaturated/α-hetero) is 1. The molecule has 198 valence electrons. The lowest BCUT2D eigenvalue weighted by atomic mass is 10.1. The van der Waals surface area contributed by atoms with Crippen LogP contribution >= 0.6 is 11.6 Å². The van der Waals surface area contributed by atoms with E-state index in [0.717, 1.165) is 10.6 Å². The number of carbonyl (C=O) groups is 5. The molecular formula is C31H21ClN2O6. The summed E-state index contributed by atoms with van der Waals surface area (Å²) in [6, 6.07) is 24.7. The summed E-state index contributed by atoms with van der Waals surface area (Å²) in [5, 5.41) is 1.92. The minimum absolute atomic E-state index is 0.132. The quantitative estimate of drug-likeness (QED) is 0.132. The first-order valence-electron chi connectivity index (χ1n) is 12.2. The Kier molecular flexibility index (Phi) is 7.27. The smallest absolute Gasteiger partial charge is 0.343 e. The first-order chi connectivity index (χ1) is 19.2. The number of imide groups is 1. The van der Waals surface area contributed by atoms with E-state index < -0.39 is 36.0 Å². The average molecular weight is 553 g/mol. The third-order valence-corrected chi connectivity index (χ3v) is 6.56. The van der Waals surface area contributed by atoms with Crippen molar-refractivity contribution in [2.45, 2.75) is 6.92 Å². The summed E-state index contributed by atoms with van der Waals surface area (Å²) in [6.07, 6.45) is 0. The van der Waals surface area contributed by atoms with Crippen LogP contribution in [-0.4, -0.2) is 46.0 Å². The average Bonchev–Trinajstić information content (AvgIpc) is 3.22. The van der Waals surface area contributed by atoms with E-state index in [1.54, 1.807) is 36.4 Å². The molecule has 0 radical (unpaired) electrons. The number of hydrazine groups is 1. The van der Waals surface area contributed by atoms with Crippen molar-refractivity contribution in [1.82, 2.24) is 10.0 Å². The van der Waals surface area contributed by atoms with Crippen molar-refractivity contribution < 1.29 is 28.7 Å². The predicted octanol–water partition coefficient (Wildman–Crippen LogP) is 5.40. The second-order valence-corrected chi connectivity index (χ2v) is 9.48. The van der Waals surface area contributed by atoms with E-state index in [9.17, 15) is 24.0 Å². The molecule has 0 N–H and O–H groups in total. The van der Waals surface area contributed by atoms with E-state index in [1.807, 2.05) is 6.92 Å². The molecule has 8 nitrogen and oxygen atoms in total. The Morgan fingerprint density at radius 1 is 0.725 bits per heavy atom. The lowest BCUT2D eigenvalue weighted by molar-refractivity contribution is 0.00531. The number of ether oxygens (including phenoxy) is 1. The molecule has 0 fully saturated rings. The second-order valence-electron chi connectivity index (χ2n) is 9.04. The topological polar surface area (TPSA) is 101 Å². The van der Waals surface area contributed by atoms with E-state index in [-0.39, 0.29) is 28.0 Å². The standard InChI is InChI=1S/C31H21ClN2O6/c1-19-6-8-22(9-7-19)31(39)40-24-16-12-20(13-17-24)27(35)18-33(28(36)21-10-14-23(32)15-11-21)34-29(37)25-4-2-3-5-26(25)30(34)38/h2-17H,18H2,1H3. The number of aryl methyl sites for hydroxylation is 1. The van der Waals surface area contributed by atoms with Gasteiger partial charge in [-0.3, -0.25) is 19.2 Å². The highest BCUT2D eigenvalue weighted by atomic mass is 35.5. The number of amides is 3. The summed E-state index contributed by atoms with van der Waals surface area (Å²) in [5.41, 5.74) is 1.96. The third kappa shape index (κ3) is 5.25. The van der Waals surface area contributed by atoms with Gasteiger partial charge in [-0.2, -0.15) is 5.01 Å². The molecule has 40 heavy (non-hydrogen) atoms. The van der Waals surface area contributed by atoms with Gasteiger partial charge in [0, 0.05) is 16.1 Å². The molecule has 0 unspecified atom stereocenters. The van der Waals surface area contributed by atoms with Gasteiger partial charge in [-0.05, 0) is 79.7 Å². The van der Waals surface area contributed by atoms with E-state index >= 15 is 0 Å². The highest BCUT2D eigenvalue weighted by Crippen LogP contribution is 2.26. The number of hydrogen-bond donors (Lipinski definition) is 0. The van der Waals surface area contributed by atoms with Crippen LogP contribution in [0.2, 0.25) is 5.02 Å². The Morgan fingerprint density at radius 3 is 1.82 bits per heavy atom. The summed E-state index contributed by atoms with van der Waals surface area (Å²) in [7, 11) is 0. The first kappa shape index (κ1) is 26.5. The third-order valence-electron chi connectivity index (χ3n) is 6.31. The molecule has 0 spiro atoms. The number of nitrogens with zero attached hydrogens (tertiary/aromatic N) is 2. The van der Waals surface area contributed by atoms with Crippen molar-refractivity contribution in [2.75, 3.05) is 6.54 Å². The van der Waals surface area contributed by atoms with Crippen molar-refractivity contribution in [3.8, 4) is 5.75 Å². The van der Waals surface area contributed by atoms with Gasteiger partial charge in [-0.15, -0.1) is 0 Å². The second kappa shape index (κ2) is 11.0. The van der Waals surface area contributed by atoms with Gasteiger partial charge in [-0.25, -0.2) is 9.80 Å². The molecule has 1 aliphatic rings. The molecule has 4 aromatic rings. The zero-order valence-electron chi connectivity index (χ0n) is 21.2. The Balaban J connectivity index is 1.38. The molecule has 0 aromatic heterocycles. The fourth-order valence-electron chi connectivity index (χ4n) is 4.16. The summed E-state index contributed by atoms with van der Waals surface area (Å²) in [4.78, 5) is 65.6. The molecule has 4 aromatic carbocycles. The molecule has 5 rings (SSSR count). The summed E-state index contributed by atoms with van der Waals surface area (Å²) < 4.78 is 5.38. The number of fused-ring (bicyclic) bond motifs is 1. The summed E-state index contributed by atoms with van der Waals surface area (Å²) in [5.74, 6) is -3.04. The lowest BCUT2D eigenvalue weighted by Crippen LogP contribution is -2.51. The molecule has 0 bridgehead atoms. The molecule has 1 heterocycles. The van der Waals surface area contributed by atoms with Gasteiger partial charge < -0.3 is 4.74 Å². The summed E-state index contributed by atoms with van der Waals surface area (Å²) in [6.45, 7) is 1.30. The van der Waals surface area contributed by atoms with E-state index in [4.69, 9.17) is 16.3 Å².